The zero-order valence-electron chi connectivity index (χ0n) is 12.4. The van der Waals surface area contributed by atoms with Gasteiger partial charge in [-0.1, -0.05) is 12.1 Å². The number of carbonyl (C=O) groups is 2. The van der Waals surface area contributed by atoms with Crippen LogP contribution in [0.3, 0.4) is 0 Å². The Hall–Kier alpha value is -1.95. The Bertz CT molecular complexity index is 563. The third-order valence-electron chi connectivity index (χ3n) is 4.15. The Morgan fingerprint density at radius 2 is 2.14 bits per heavy atom. The number of aliphatic hydroxyl groups excluding tert-OH is 1. The fraction of sp³-hybridized carbons (Fsp3) is 0.500. The van der Waals surface area contributed by atoms with Gasteiger partial charge in [0.25, 0.3) is 0 Å². The SMILES string of the molecule is CC1CCC(C(=O)O)CN1C(=O)CC(O)c1cccc(F)c1. The number of carbonyl (C=O) groups excluding carboxylic acids is 1. The topological polar surface area (TPSA) is 77.8 Å². The van der Waals surface area contributed by atoms with Crippen LogP contribution in [-0.4, -0.2) is 39.6 Å². The second kappa shape index (κ2) is 6.87. The van der Waals surface area contributed by atoms with Gasteiger partial charge in [-0.15, -0.1) is 0 Å². The number of aliphatic carboxylic acids is 1. The third kappa shape index (κ3) is 3.82. The number of benzene rings is 1. The number of amides is 1. The van der Waals surface area contributed by atoms with Crippen LogP contribution in [0.4, 0.5) is 4.39 Å². The number of aliphatic hydroxyl groups is 1. The summed E-state index contributed by atoms with van der Waals surface area (Å²) in [6, 6.07) is 5.44. The highest BCUT2D eigenvalue weighted by Gasteiger charge is 2.33. The van der Waals surface area contributed by atoms with Crippen LogP contribution < -0.4 is 0 Å². The van der Waals surface area contributed by atoms with Gasteiger partial charge in [0.2, 0.25) is 5.91 Å². The molecule has 0 radical (unpaired) electrons. The number of hydrogen-bond donors (Lipinski definition) is 2. The van der Waals surface area contributed by atoms with E-state index >= 15 is 0 Å². The number of likely N-dealkylation sites (tertiary alicyclic amines) is 1. The van der Waals surface area contributed by atoms with E-state index in [1.54, 1.807) is 6.07 Å². The number of carboxylic acids is 1. The van der Waals surface area contributed by atoms with Crippen LogP contribution in [0.25, 0.3) is 0 Å². The van der Waals surface area contributed by atoms with Gasteiger partial charge in [-0.2, -0.15) is 0 Å². The molecule has 6 heteroatoms. The summed E-state index contributed by atoms with van der Waals surface area (Å²) in [5, 5.41) is 19.2. The van der Waals surface area contributed by atoms with Crippen molar-refractivity contribution in [1.82, 2.24) is 4.90 Å². The molecule has 1 saturated heterocycles. The van der Waals surface area contributed by atoms with E-state index in [0.717, 1.165) is 0 Å². The number of rotatable bonds is 4. The highest BCUT2D eigenvalue weighted by molar-refractivity contribution is 5.79. The molecule has 3 atom stereocenters. The van der Waals surface area contributed by atoms with Crippen LogP contribution in [0.1, 0.15) is 37.9 Å². The van der Waals surface area contributed by atoms with Crippen molar-refractivity contribution in [3.8, 4) is 0 Å². The van der Waals surface area contributed by atoms with Crippen molar-refractivity contribution in [3.63, 3.8) is 0 Å². The van der Waals surface area contributed by atoms with Crippen molar-refractivity contribution in [2.45, 2.75) is 38.3 Å². The molecule has 1 aliphatic heterocycles. The van der Waals surface area contributed by atoms with Gasteiger partial charge in [0.15, 0.2) is 0 Å². The van der Waals surface area contributed by atoms with Gasteiger partial charge in [0.05, 0.1) is 18.4 Å². The summed E-state index contributed by atoms with van der Waals surface area (Å²) in [4.78, 5) is 24.9. The molecule has 22 heavy (non-hydrogen) atoms. The minimum absolute atomic E-state index is 0.0530. The van der Waals surface area contributed by atoms with Crippen molar-refractivity contribution in [1.29, 1.82) is 0 Å². The first-order valence-electron chi connectivity index (χ1n) is 7.34. The largest absolute Gasteiger partial charge is 0.481 e. The molecule has 2 rings (SSSR count). The van der Waals surface area contributed by atoms with Crippen molar-refractivity contribution in [2.24, 2.45) is 5.92 Å². The third-order valence-corrected chi connectivity index (χ3v) is 4.15. The monoisotopic (exact) mass is 309 g/mol. The zero-order valence-corrected chi connectivity index (χ0v) is 12.4. The lowest BCUT2D eigenvalue weighted by Crippen LogP contribution is -2.47. The van der Waals surface area contributed by atoms with E-state index in [1.807, 2.05) is 6.92 Å². The summed E-state index contributed by atoms with van der Waals surface area (Å²) in [5.74, 6) is -2.25. The first-order chi connectivity index (χ1) is 10.4. The van der Waals surface area contributed by atoms with Gasteiger partial charge in [0.1, 0.15) is 5.82 Å². The molecule has 0 spiro atoms. The minimum atomic E-state index is -1.10. The average molecular weight is 309 g/mol. The predicted octanol–water partition coefficient (Wildman–Crippen LogP) is 1.96. The molecule has 1 heterocycles. The van der Waals surface area contributed by atoms with Crippen molar-refractivity contribution in [2.75, 3.05) is 6.54 Å². The van der Waals surface area contributed by atoms with Crippen molar-refractivity contribution in [3.05, 3.63) is 35.6 Å². The van der Waals surface area contributed by atoms with E-state index in [0.29, 0.717) is 18.4 Å². The quantitative estimate of drug-likeness (QED) is 0.891. The molecular formula is C16H20FNO4. The Kier molecular flexibility index (Phi) is 5.13. The maximum Gasteiger partial charge on any atom is 0.308 e. The van der Waals surface area contributed by atoms with Gasteiger partial charge in [0, 0.05) is 12.6 Å². The first-order valence-corrected chi connectivity index (χ1v) is 7.34. The highest BCUT2D eigenvalue weighted by Crippen LogP contribution is 2.25. The van der Waals surface area contributed by atoms with E-state index in [4.69, 9.17) is 5.11 Å². The summed E-state index contributed by atoms with van der Waals surface area (Å²) < 4.78 is 13.2. The Labute approximate surface area is 128 Å². The number of nitrogens with zero attached hydrogens (tertiary/aromatic N) is 1. The van der Waals surface area contributed by atoms with E-state index in [9.17, 15) is 19.1 Å². The van der Waals surface area contributed by atoms with Crippen LogP contribution in [-0.2, 0) is 9.59 Å². The van der Waals surface area contributed by atoms with Crippen LogP contribution in [0, 0.1) is 11.7 Å². The lowest BCUT2D eigenvalue weighted by molar-refractivity contribution is -0.147. The van der Waals surface area contributed by atoms with Gasteiger partial charge in [-0.25, -0.2) is 4.39 Å². The number of piperidine rings is 1. The molecule has 0 aliphatic carbocycles. The van der Waals surface area contributed by atoms with E-state index < -0.39 is 23.8 Å². The molecule has 1 aromatic carbocycles. The Morgan fingerprint density at radius 3 is 2.77 bits per heavy atom. The maximum absolute atomic E-state index is 13.2. The molecule has 3 unspecified atom stereocenters. The molecule has 120 valence electrons. The smallest absolute Gasteiger partial charge is 0.308 e. The van der Waals surface area contributed by atoms with E-state index in [2.05, 4.69) is 0 Å². The molecule has 5 nitrogen and oxygen atoms in total. The minimum Gasteiger partial charge on any atom is -0.481 e. The van der Waals surface area contributed by atoms with Crippen molar-refractivity contribution < 1.29 is 24.2 Å². The molecule has 1 fully saturated rings. The second-order valence-corrected chi connectivity index (χ2v) is 5.78. The predicted molar refractivity (Wildman–Crippen MR) is 77.5 cm³/mol. The lowest BCUT2D eigenvalue weighted by atomic mass is 9.93. The zero-order chi connectivity index (χ0) is 16.3. The van der Waals surface area contributed by atoms with E-state index in [1.165, 1.54) is 23.1 Å². The molecular weight excluding hydrogens is 289 g/mol. The summed E-state index contributed by atoms with van der Waals surface area (Å²) in [5.41, 5.74) is 0.341. The van der Waals surface area contributed by atoms with Gasteiger partial charge in [-0.05, 0) is 37.5 Å². The molecule has 0 aromatic heterocycles. The molecule has 0 saturated carbocycles. The number of carboxylic acid groups (broad SMARTS) is 1. The fourth-order valence-electron chi connectivity index (χ4n) is 2.77. The van der Waals surface area contributed by atoms with Gasteiger partial charge in [-0.3, -0.25) is 9.59 Å². The molecule has 0 bridgehead atoms. The Morgan fingerprint density at radius 1 is 1.41 bits per heavy atom. The van der Waals surface area contributed by atoms with Crippen LogP contribution in [0.2, 0.25) is 0 Å². The molecule has 1 aliphatic rings. The van der Waals surface area contributed by atoms with Crippen molar-refractivity contribution >= 4 is 11.9 Å². The normalized spacial score (nSPS) is 23.1. The first kappa shape index (κ1) is 16.4. The highest BCUT2D eigenvalue weighted by atomic mass is 19.1. The standard InChI is InChI=1S/C16H20FNO4/c1-10-5-6-12(16(21)22)9-18(10)15(20)8-14(19)11-3-2-4-13(17)7-11/h2-4,7,10,12,14,19H,5-6,8-9H2,1H3,(H,21,22). The molecule has 2 N–H and O–H groups in total. The van der Waals surface area contributed by atoms with E-state index in [-0.39, 0.29) is 24.9 Å². The summed E-state index contributed by atoms with van der Waals surface area (Å²) in [7, 11) is 0. The fourth-order valence-corrected chi connectivity index (χ4v) is 2.77. The summed E-state index contributed by atoms with van der Waals surface area (Å²) in [6.07, 6.45) is -0.105. The van der Waals surface area contributed by atoms with Crippen LogP contribution in [0.15, 0.2) is 24.3 Å². The second-order valence-electron chi connectivity index (χ2n) is 5.78. The number of hydrogen-bond acceptors (Lipinski definition) is 3. The summed E-state index contributed by atoms with van der Waals surface area (Å²) in [6.45, 7) is 2.02. The van der Waals surface area contributed by atoms with Crippen LogP contribution >= 0.6 is 0 Å². The lowest BCUT2D eigenvalue weighted by Gasteiger charge is -2.37. The molecule has 1 amide bonds. The number of halogens is 1. The van der Waals surface area contributed by atoms with Crippen LogP contribution in [0.5, 0.6) is 0 Å². The summed E-state index contributed by atoms with van der Waals surface area (Å²) >= 11 is 0. The average Bonchev–Trinajstić information content (AvgIpc) is 2.47. The maximum atomic E-state index is 13.2. The Balaban J connectivity index is 2.02. The molecule has 1 aromatic rings. The van der Waals surface area contributed by atoms with Gasteiger partial charge < -0.3 is 15.1 Å². The van der Waals surface area contributed by atoms with Gasteiger partial charge >= 0.3 is 5.97 Å².